The van der Waals surface area contributed by atoms with Crippen molar-refractivity contribution in [3.8, 4) is 0 Å². The fourth-order valence-electron chi connectivity index (χ4n) is 1.43. The van der Waals surface area contributed by atoms with E-state index >= 15 is 0 Å². The molecule has 0 atom stereocenters. The summed E-state index contributed by atoms with van der Waals surface area (Å²) in [5, 5.41) is 13.9. The zero-order chi connectivity index (χ0) is 15.3. The van der Waals surface area contributed by atoms with Crippen molar-refractivity contribution in [1.29, 1.82) is 0 Å². The van der Waals surface area contributed by atoms with E-state index in [0.29, 0.717) is 11.4 Å². The van der Waals surface area contributed by atoms with Gasteiger partial charge in [0.2, 0.25) is 0 Å². The summed E-state index contributed by atoms with van der Waals surface area (Å²) in [6.07, 6.45) is 1.28. The Kier molecular flexibility index (Phi) is 5.28. The van der Waals surface area contributed by atoms with Crippen LogP contribution < -0.4 is 11.1 Å². The number of halogens is 1. The number of hydrogen-bond acceptors (Lipinski definition) is 5. The summed E-state index contributed by atoms with van der Waals surface area (Å²) >= 11 is 5.86. The van der Waals surface area contributed by atoms with Crippen molar-refractivity contribution in [2.75, 3.05) is 5.32 Å². The predicted octanol–water partition coefficient (Wildman–Crippen LogP) is 3.29. The summed E-state index contributed by atoms with van der Waals surface area (Å²) in [4.78, 5) is 14.1. The van der Waals surface area contributed by atoms with Crippen LogP contribution in [0.4, 0.5) is 11.4 Å². The Labute approximate surface area is 121 Å². The third-order valence-electron chi connectivity index (χ3n) is 2.59. The van der Waals surface area contributed by atoms with Crippen molar-refractivity contribution >= 4 is 28.1 Å². The summed E-state index contributed by atoms with van der Waals surface area (Å²) in [6, 6.07) is 4.53. The van der Waals surface area contributed by atoms with E-state index in [0.717, 1.165) is 5.56 Å². The zero-order valence-corrected chi connectivity index (χ0v) is 11.9. The molecule has 0 radical (unpaired) electrons. The van der Waals surface area contributed by atoms with E-state index in [1.54, 1.807) is 13.0 Å². The molecule has 0 heterocycles. The highest BCUT2D eigenvalue weighted by atomic mass is 35.5. The van der Waals surface area contributed by atoms with Gasteiger partial charge in [-0.05, 0) is 19.4 Å². The predicted molar refractivity (Wildman–Crippen MR) is 81.8 cm³/mol. The summed E-state index contributed by atoms with van der Waals surface area (Å²) < 4.78 is 0. The minimum atomic E-state index is -0.459. The Bertz CT molecular complexity index is 608. The number of nitro groups is 1. The monoisotopic (exact) mass is 294 g/mol. The molecule has 20 heavy (non-hydrogen) atoms. The fourth-order valence-corrected chi connectivity index (χ4v) is 1.64. The lowest BCUT2D eigenvalue weighted by Gasteiger charge is -2.12. The molecule has 0 aliphatic carbocycles. The average molecular weight is 295 g/mol. The molecule has 0 amide bonds. The molecule has 0 bridgehead atoms. The standard InChI is InChI=1S/C13H15ClN4O2/c1-4-16-13(14)12(15)9(3)17-11-7-10(18(19)20)6-5-8(11)2/h4-7,17H,1,15H2,2-3H3/b12-9-,16-13+. The number of anilines is 1. The molecule has 1 aromatic rings. The molecule has 0 aliphatic heterocycles. The molecule has 0 saturated carbocycles. The van der Waals surface area contributed by atoms with E-state index in [-0.39, 0.29) is 16.6 Å². The number of benzene rings is 1. The molecule has 106 valence electrons. The second kappa shape index (κ2) is 6.72. The molecule has 0 fully saturated rings. The van der Waals surface area contributed by atoms with Crippen molar-refractivity contribution in [3.05, 3.63) is 58.0 Å². The number of allylic oxidation sites excluding steroid dienone is 2. The smallest absolute Gasteiger partial charge is 0.271 e. The molecule has 1 aromatic carbocycles. The van der Waals surface area contributed by atoms with Gasteiger partial charge in [-0.15, -0.1) is 0 Å². The minimum absolute atomic E-state index is 0.00433. The molecular weight excluding hydrogens is 280 g/mol. The van der Waals surface area contributed by atoms with Crippen molar-refractivity contribution in [1.82, 2.24) is 0 Å². The van der Waals surface area contributed by atoms with Crippen molar-refractivity contribution in [2.24, 2.45) is 10.7 Å². The Morgan fingerprint density at radius 2 is 2.25 bits per heavy atom. The lowest BCUT2D eigenvalue weighted by molar-refractivity contribution is -0.384. The van der Waals surface area contributed by atoms with Gasteiger partial charge in [0.1, 0.15) is 0 Å². The van der Waals surface area contributed by atoms with Gasteiger partial charge in [-0.25, -0.2) is 4.99 Å². The summed E-state index contributed by atoms with van der Waals surface area (Å²) in [5.41, 5.74) is 8.04. The van der Waals surface area contributed by atoms with Gasteiger partial charge in [0.15, 0.2) is 5.17 Å². The fraction of sp³-hybridized carbons (Fsp3) is 0.154. The van der Waals surface area contributed by atoms with Gasteiger partial charge in [0.05, 0.1) is 10.6 Å². The highest BCUT2D eigenvalue weighted by Gasteiger charge is 2.10. The SMILES string of the molecule is C=C/N=C(Cl)\C(N)=C(/C)Nc1cc([N+](=O)[O-])ccc1C. The number of aliphatic imine (C=N–C) groups is 1. The number of nitrogens with two attached hydrogens (primary N) is 1. The number of aryl methyl sites for hydroxylation is 1. The van der Waals surface area contributed by atoms with Crippen LogP contribution in [-0.4, -0.2) is 10.1 Å². The molecule has 0 saturated heterocycles. The van der Waals surface area contributed by atoms with Gasteiger partial charge in [-0.1, -0.05) is 24.2 Å². The van der Waals surface area contributed by atoms with Gasteiger partial charge >= 0.3 is 0 Å². The Hall–Kier alpha value is -2.34. The van der Waals surface area contributed by atoms with Crippen LogP contribution in [0.2, 0.25) is 0 Å². The van der Waals surface area contributed by atoms with Crippen molar-refractivity contribution in [2.45, 2.75) is 13.8 Å². The maximum atomic E-state index is 10.8. The van der Waals surface area contributed by atoms with Crippen LogP contribution in [0.25, 0.3) is 0 Å². The summed E-state index contributed by atoms with van der Waals surface area (Å²) in [6.45, 7) is 6.96. The first kappa shape index (κ1) is 15.7. The van der Waals surface area contributed by atoms with Crippen LogP contribution in [0.5, 0.6) is 0 Å². The van der Waals surface area contributed by atoms with Gasteiger partial charge in [-0.2, -0.15) is 0 Å². The third-order valence-corrected chi connectivity index (χ3v) is 2.89. The summed E-state index contributed by atoms with van der Waals surface area (Å²) in [7, 11) is 0. The van der Waals surface area contributed by atoms with E-state index in [1.807, 2.05) is 6.92 Å². The Morgan fingerprint density at radius 1 is 1.60 bits per heavy atom. The van der Waals surface area contributed by atoms with E-state index in [1.165, 1.54) is 18.3 Å². The van der Waals surface area contributed by atoms with Gasteiger partial charge in [0, 0.05) is 29.7 Å². The molecule has 0 aliphatic rings. The van der Waals surface area contributed by atoms with Crippen LogP contribution in [0.3, 0.4) is 0 Å². The molecule has 6 nitrogen and oxygen atoms in total. The highest BCUT2D eigenvalue weighted by Crippen LogP contribution is 2.23. The molecule has 0 unspecified atom stereocenters. The quantitative estimate of drug-likeness (QED) is 0.495. The van der Waals surface area contributed by atoms with Crippen molar-refractivity contribution in [3.63, 3.8) is 0 Å². The number of rotatable bonds is 5. The number of nitro benzene ring substituents is 1. The van der Waals surface area contributed by atoms with E-state index in [2.05, 4.69) is 16.9 Å². The largest absolute Gasteiger partial charge is 0.395 e. The van der Waals surface area contributed by atoms with Crippen LogP contribution in [0, 0.1) is 17.0 Å². The maximum Gasteiger partial charge on any atom is 0.271 e. The normalized spacial score (nSPS) is 12.7. The first-order valence-corrected chi connectivity index (χ1v) is 6.07. The molecule has 0 spiro atoms. The van der Waals surface area contributed by atoms with Gasteiger partial charge in [0.25, 0.3) is 5.69 Å². The molecule has 0 aromatic heterocycles. The molecular formula is C13H15ClN4O2. The van der Waals surface area contributed by atoms with Crippen LogP contribution >= 0.6 is 11.6 Å². The Balaban J connectivity index is 3.12. The second-order valence-corrected chi connectivity index (χ2v) is 4.38. The van der Waals surface area contributed by atoms with Gasteiger partial charge in [-0.3, -0.25) is 10.1 Å². The first-order valence-electron chi connectivity index (χ1n) is 5.69. The van der Waals surface area contributed by atoms with Crippen LogP contribution in [-0.2, 0) is 0 Å². The number of non-ortho nitro benzene ring substituents is 1. The van der Waals surface area contributed by atoms with E-state index < -0.39 is 4.92 Å². The van der Waals surface area contributed by atoms with E-state index in [4.69, 9.17) is 17.3 Å². The zero-order valence-electron chi connectivity index (χ0n) is 11.2. The van der Waals surface area contributed by atoms with E-state index in [9.17, 15) is 10.1 Å². The molecule has 7 heteroatoms. The topological polar surface area (TPSA) is 93.5 Å². The van der Waals surface area contributed by atoms with Crippen LogP contribution in [0.15, 0.2) is 47.4 Å². The molecule has 1 rings (SSSR count). The number of nitrogens with zero attached hydrogens (tertiary/aromatic N) is 2. The van der Waals surface area contributed by atoms with Crippen molar-refractivity contribution < 1.29 is 4.92 Å². The second-order valence-electron chi connectivity index (χ2n) is 4.02. The molecule has 3 N–H and O–H groups in total. The minimum Gasteiger partial charge on any atom is -0.395 e. The average Bonchev–Trinajstić information content (AvgIpc) is 2.40. The number of hydrogen-bond donors (Lipinski definition) is 2. The Morgan fingerprint density at radius 3 is 2.80 bits per heavy atom. The number of nitrogens with one attached hydrogen (secondary N) is 1. The third kappa shape index (κ3) is 3.83. The van der Waals surface area contributed by atoms with Gasteiger partial charge < -0.3 is 11.1 Å². The lowest BCUT2D eigenvalue weighted by atomic mass is 10.1. The first-order chi connectivity index (χ1) is 9.36. The maximum absolute atomic E-state index is 10.8. The van der Waals surface area contributed by atoms with Crippen LogP contribution in [0.1, 0.15) is 12.5 Å². The summed E-state index contributed by atoms with van der Waals surface area (Å²) in [5.74, 6) is 0. The lowest BCUT2D eigenvalue weighted by Crippen LogP contribution is -2.13. The highest BCUT2D eigenvalue weighted by molar-refractivity contribution is 6.69.